The summed E-state index contributed by atoms with van der Waals surface area (Å²) < 4.78 is 1.31. The van der Waals surface area contributed by atoms with Crippen molar-refractivity contribution >= 4 is 11.8 Å². The van der Waals surface area contributed by atoms with Crippen molar-refractivity contribution in [3.05, 3.63) is 70.1 Å². The molecule has 1 aromatic carbocycles. The number of nitrogens with one attached hydrogen (secondary N) is 2. The van der Waals surface area contributed by atoms with Crippen molar-refractivity contribution in [2.45, 2.75) is 6.04 Å². The van der Waals surface area contributed by atoms with Crippen LogP contribution in [-0.4, -0.2) is 23.4 Å². The molecule has 0 bridgehead atoms. The highest BCUT2D eigenvalue weighted by molar-refractivity contribution is 5.97. The molecular formula is C16H17N3O3. The minimum absolute atomic E-state index is 0.206. The van der Waals surface area contributed by atoms with Crippen molar-refractivity contribution in [3.8, 4) is 0 Å². The number of amides is 2. The Morgan fingerprint density at radius 3 is 2.36 bits per heavy atom. The summed E-state index contributed by atoms with van der Waals surface area (Å²) in [6.45, 7) is 0. The van der Waals surface area contributed by atoms with Gasteiger partial charge in [0.1, 0.15) is 6.04 Å². The first-order chi connectivity index (χ1) is 10.5. The molecular weight excluding hydrogens is 282 g/mol. The minimum Gasteiger partial charge on any atom is -0.357 e. The predicted octanol–water partition coefficient (Wildman–Crippen LogP) is 0.602. The molecule has 2 amide bonds. The number of hydrogen-bond donors (Lipinski definition) is 2. The van der Waals surface area contributed by atoms with Crippen LogP contribution >= 0.6 is 0 Å². The van der Waals surface area contributed by atoms with Gasteiger partial charge in [-0.15, -0.1) is 0 Å². The molecule has 22 heavy (non-hydrogen) atoms. The zero-order valence-electron chi connectivity index (χ0n) is 12.4. The van der Waals surface area contributed by atoms with Crippen molar-refractivity contribution in [3.63, 3.8) is 0 Å². The van der Waals surface area contributed by atoms with E-state index in [2.05, 4.69) is 10.6 Å². The van der Waals surface area contributed by atoms with Gasteiger partial charge in [-0.25, -0.2) is 0 Å². The summed E-state index contributed by atoms with van der Waals surface area (Å²) in [6, 6.07) is 10.9. The first-order valence-corrected chi connectivity index (χ1v) is 6.77. The fourth-order valence-electron chi connectivity index (χ4n) is 2.03. The Hall–Kier alpha value is -2.89. The van der Waals surface area contributed by atoms with Crippen molar-refractivity contribution in [2.24, 2.45) is 7.05 Å². The molecule has 0 saturated carbocycles. The number of carbonyl (C=O) groups excluding carboxylic acids is 2. The van der Waals surface area contributed by atoms with Gasteiger partial charge in [-0.3, -0.25) is 14.4 Å². The van der Waals surface area contributed by atoms with E-state index in [1.165, 1.54) is 29.9 Å². The third-order valence-corrected chi connectivity index (χ3v) is 3.26. The average Bonchev–Trinajstić information content (AvgIpc) is 2.55. The van der Waals surface area contributed by atoms with Gasteiger partial charge in [0, 0.05) is 26.4 Å². The second-order valence-corrected chi connectivity index (χ2v) is 4.80. The smallest absolute Gasteiger partial charge is 0.253 e. The van der Waals surface area contributed by atoms with Crippen molar-refractivity contribution in [1.29, 1.82) is 0 Å². The van der Waals surface area contributed by atoms with Gasteiger partial charge >= 0.3 is 0 Å². The second kappa shape index (κ2) is 6.71. The minimum atomic E-state index is -0.795. The zero-order chi connectivity index (χ0) is 16.1. The molecule has 1 atom stereocenters. The molecule has 114 valence electrons. The summed E-state index contributed by atoms with van der Waals surface area (Å²) in [5.41, 5.74) is 0.786. The highest BCUT2D eigenvalue weighted by atomic mass is 16.2. The van der Waals surface area contributed by atoms with E-state index in [0.29, 0.717) is 11.1 Å². The molecule has 6 nitrogen and oxygen atoms in total. The summed E-state index contributed by atoms with van der Waals surface area (Å²) in [6.07, 6.45) is 1.43. The summed E-state index contributed by atoms with van der Waals surface area (Å²) in [4.78, 5) is 35.7. The lowest BCUT2D eigenvalue weighted by atomic mass is 10.1. The van der Waals surface area contributed by atoms with Gasteiger partial charge in [0.15, 0.2) is 0 Å². The maximum Gasteiger partial charge on any atom is 0.253 e. The Labute approximate surface area is 127 Å². The van der Waals surface area contributed by atoms with E-state index in [0.717, 1.165) is 0 Å². The molecule has 6 heteroatoms. The predicted molar refractivity (Wildman–Crippen MR) is 82.4 cm³/mol. The topological polar surface area (TPSA) is 80.2 Å². The highest BCUT2D eigenvalue weighted by Crippen LogP contribution is 2.13. The molecule has 2 rings (SSSR count). The average molecular weight is 299 g/mol. The molecule has 1 heterocycles. The summed E-state index contributed by atoms with van der Waals surface area (Å²) in [5.74, 6) is -0.738. The molecule has 0 unspecified atom stereocenters. The summed E-state index contributed by atoms with van der Waals surface area (Å²) in [5, 5.41) is 5.21. The van der Waals surface area contributed by atoms with Crippen LogP contribution in [0.4, 0.5) is 0 Å². The lowest BCUT2D eigenvalue weighted by Gasteiger charge is -2.17. The number of benzene rings is 1. The van der Waals surface area contributed by atoms with E-state index in [9.17, 15) is 14.4 Å². The molecule has 0 aliphatic heterocycles. The highest BCUT2D eigenvalue weighted by Gasteiger charge is 2.22. The van der Waals surface area contributed by atoms with Gasteiger partial charge in [-0.2, -0.15) is 0 Å². The zero-order valence-corrected chi connectivity index (χ0v) is 12.4. The monoisotopic (exact) mass is 299 g/mol. The van der Waals surface area contributed by atoms with Crippen LogP contribution in [0, 0.1) is 0 Å². The number of likely N-dealkylation sites (N-methyl/N-ethyl adjacent to an activating group) is 1. The molecule has 0 aliphatic rings. The van der Waals surface area contributed by atoms with Crippen LogP contribution in [0.15, 0.2) is 53.5 Å². The molecule has 0 fully saturated rings. The Balaban J connectivity index is 2.27. The fourth-order valence-corrected chi connectivity index (χ4v) is 2.03. The van der Waals surface area contributed by atoms with Crippen molar-refractivity contribution in [2.75, 3.05) is 7.05 Å². The summed E-state index contributed by atoms with van der Waals surface area (Å²) in [7, 11) is 3.07. The van der Waals surface area contributed by atoms with E-state index < -0.39 is 11.9 Å². The Bertz CT molecular complexity index is 738. The number of rotatable bonds is 4. The largest absolute Gasteiger partial charge is 0.357 e. The molecule has 2 N–H and O–H groups in total. The van der Waals surface area contributed by atoms with Crippen LogP contribution in [0.3, 0.4) is 0 Å². The van der Waals surface area contributed by atoms with Gasteiger partial charge in [0.2, 0.25) is 11.5 Å². The maximum atomic E-state index is 12.3. The fraction of sp³-hybridized carbons (Fsp3) is 0.188. The molecule has 1 aromatic heterocycles. The van der Waals surface area contributed by atoms with Crippen LogP contribution in [-0.2, 0) is 11.8 Å². The number of pyridine rings is 1. The van der Waals surface area contributed by atoms with Gasteiger partial charge in [0.25, 0.3) is 5.91 Å². The van der Waals surface area contributed by atoms with Crippen LogP contribution < -0.4 is 16.2 Å². The molecule has 2 aromatic rings. The second-order valence-electron chi connectivity index (χ2n) is 4.80. The van der Waals surface area contributed by atoms with Gasteiger partial charge in [-0.1, -0.05) is 30.3 Å². The lowest BCUT2D eigenvalue weighted by Crippen LogP contribution is -2.39. The van der Waals surface area contributed by atoms with Crippen LogP contribution in [0.25, 0.3) is 0 Å². The number of aromatic nitrogens is 1. The van der Waals surface area contributed by atoms with E-state index in [-0.39, 0.29) is 11.5 Å². The van der Waals surface area contributed by atoms with Gasteiger partial charge in [-0.05, 0) is 11.6 Å². The molecule has 0 spiro atoms. The van der Waals surface area contributed by atoms with Gasteiger partial charge < -0.3 is 15.2 Å². The van der Waals surface area contributed by atoms with E-state index in [1.807, 2.05) is 6.07 Å². The summed E-state index contributed by atoms with van der Waals surface area (Å²) >= 11 is 0. The maximum absolute atomic E-state index is 12.3. The third-order valence-electron chi connectivity index (χ3n) is 3.26. The SMILES string of the molecule is CNC(=O)[C@H](NC(=O)c1ccc(=O)n(C)c1)c1ccccc1. The van der Waals surface area contributed by atoms with E-state index in [4.69, 9.17) is 0 Å². The molecule has 0 saturated heterocycles. The quantitative estimate of drug-likeness (QED) is 0.867. The molecule has 0 radical (unpaired) electrons. The van der Waals surface area contributed by atoms with Crippen LogP contribution in [0.2, 0.25) is 0 Å². The number of aryl methyl sites for hydroxylation is 1. The van der Waals surface area contributed by atoms with Crippen LogP contribution in [0.1, 0.15) is 22.0 Å². The third kappa shape index (κ3) is 3.41. The first-order valence-electron chi connectivity index (χ1n) is 6.77. The normalized spacial score (nSPS) is 11.5. The Morgan fingerprint density at radius 1 is 1.09 bits per heavy atom. The van der Waals surface area contributed by atoms with Gasteiger partial charge in [0.05, 0.1) is 5.56 Å². The number of hydrogen-bond acceptors (Lipinski definition) is 3. The van der Waals surface area contributed by atoms with Crippen molar-refractivity contribution in [1.82, 2.24) is 15.2 Å². The van der Waals surface area contributed by atoms with Crippen molar-refractivity contribution < 1.29 is 9.59 Å². The Kier molecular flexibility index (Phi) is 4.73. The number of nitrogens with zero attached hydrogens (tertiary/aromatic N) is 1. The standard InChI is InChI=1S/C16H17N3O3/c1-17-16(22)14(11-6-4-3-5-7-11)18-15(21)12-8-9-13(20)19(2)10-12/h3-10,14H,1-2H3,(H,17,22)(H,18,21)/t14-/m1/s1. The first kappa shape index (κ1) is 15.5. The lowest BCUT2D eigenvalue weighted by molar-refractivity contribution is -0.122. The van der Waals surface area contributed by atoms with Crippen LogP contribution in [0.5, 0.6) is 0 Å². The molecule has 0 aliphatic carbocycles. The Morgan fingerprint density at radius 2 is 1.77 bits per heavy atom. The van der Waals surface area contributed by atoms with E-state index >= 15 is 0 Å². The number of carbonyl (C=O) groups is 2. The van der Waals surface area contributed by atoms with E-state index in [1.54, 1.807) is 31.3 Å².